The highest BCUT2D eigenvalue weighted by Gasteiger charge is 2.26. The van der Waals surface area contributed by atoms with Gasteiger partial charge in [0.15, 0.2) is 0 Å². The molecule has 1 fully saturated rings. The summed E-state index contributed by atoms with van der Waals surface area (Å²) in [5.74, 6) is 1.26. The van der Waals surface area contributed by atoms with E-state index >= 15 is 0 Å². The largest absolute Gasteiger partial charge is 0.465 e. The van der Waals surface area contributed by atoms with E-state index in [1.165, 1.54) is 7.11 Å². The van der Waals surface area contributed by atoms with Gasteiger partial charge < -0.3 is 19.6 Å². The van der Waals surface area contributed by atoms with Gasteiger partial charge in [-0.2, -0.15) is 0 Å². The lowest BCUT2D eigenvalue weighted by Gasteiger charge is -2.18. The number of carbonyl (C=O) groups is 1. The fourth-order valence-corrected chi connectivity index (χ4v) is 2.70. The van der Waals surface area contributed by atoms with Crippen molar-refractivity contribution in [1.82, 2.24) is 5.32 Å². The van der Waals surface area contributed by atoms with Gasteiger partial charge in [-0.05, 0) is 31.7 Å². The topological polar surface area (TPSA) is 71.7 Å². The average Bonchev–Trinajstić information content (AvgIpc) is 3.01. The van der Waals surface area contributed by atoms with E-state index in [1.807, 2.05) is 0 Å². The molecule has 1 aromatic heterocycles. The minimum atomic E-state index is -0.374. The number of carbonyl (C=O) groups excluding carboxylic acids is 1. The Morgan fingerprint density at radius 3 is 3.05 bits per heavy atom. The first kappa shape index (κ1) is 14.1. The van der Waals surface area contributed by atoms with Gasteiger partial charge in [-0.1, -0.05) is 6.42 Å². The Balaban J connectivity index is 1.95. The number of rotatable bonds is 5. The minimum absolute atomic E-state index is 0.224. The molecule has 1 aromatic rings. The van der Waals surface area contributed by atoms with Crippen LogP contribution in [0.5, 0.6) is 0 Å². The summed E-state index contributed by atoms with van der Waals surface area (Å²) in [6.07, 6.45) is 3.29. The van der Waals surface area contributed by atoms with Gasteiger partial charge in [-0.15, -0.1) is 0 Å². The molecule has 0 bridgehead atoms. The molecule has 2 N–H and O–H groups in total. The van der Waals surface area contributed by atoms with Gasteiger partial charge in [0.05, 0.1) is 13.7 Å². The SMILES string of the molecule is COC(=O)c1cc(CNC2CCCC2CO)oc1C. The van der Waals surface area contributed by atoms with Gasteiger partial charge >= 0.3 is 5.97 Å². The lowest BCUT2D eigenvalue weighted by atomic mass is 10.1. The molecule has 0 radical (unpaired) electrons. The van der Waals surface area contributed by atoms with Gasteiger partial charge in [0.25, 0.3) is 0 Å². The molecule has 0 amide bonds. The Kier molecular flexibility index (Phi) is 4.61. The molecule has 0 aliphatic heterocycles. The normalized spacial score (nSPS) is 22.7. The molecule has 106 valence electrons. The molecule has 2 unspecified atom stereocenters. The van der Waals surface area contributed by atoms with Crippen LogP contribution in [0.4, 0.5) is 0 Å². The first-order valence-corrected chi connectivity index (χ1v) is 6.67. The van der Waals surface area contributed by atoms with Crippen LogP contribution in [0.3, 0.4) is 0 Å². The summed E-state index contributed by atoms with van der Waals surface area (Å²) < 4.78 is 10.2. The Hall–Kier alpha value is -1.33. The Labute approximate surface area is 112 Å². The molecule has 1 aliphatic rings. The zero-order valence-electron chi connectivity index (χ0n) is 11.4. The van der Waals surface area contributed by atoms with Gasteiger partial charge in [0.1, 0.15) is 17.1 Å². The number of nitrogens with one attached hydrogen (secondary N) is 1. The third kappa shape index (κ3) is 3.16. The molecule has 2 atom stereocenters. The highest BCUT2D eigenvalue weighted by atomic mass is 16.5. The number of ether oxygens (including phenoxy) is 1. The van der Waals surface area contributed by atoms with Gasteiger partial charge in [-0.3, -0.25) is 0 Å². The molecule has 0 spiro atoms. The quantitative estimate of drug-likeness (QED) is 0.793. The Morgan fingerprint density at radius 1 is 1.58 bits per heavy atom. The van der Waals surface area contributed by atoms with Crippen LogP contribution in [0.25, 0.3) is 0 Å². The number of hydrogen-bond acceptors (Lipinski definition) is 5. The summed E-state index contributed by atoms with van der Waals surface area (Å²) in [6.45, 7) is 2.54. The van der Waals surface area contributed by atoms with E-state index < -0.39 is 0 Å². The summed E-state index contributed by atoms with van der Waals surface area (Å²) >= 11 is 0. The summed E-state index contributed by atoms with van der Waals surface area (Å²) in [5.41, 5.74) is 0.476. The summed E-state index contributed by atoms with van der Waals surface area (Å²) in [7, 11) is 1.36. The van der Waals surface area contributed by atoms with Crippen LogP contribution < -0.4 is 5.32 Å². The van der Waals surface area contributed by atoms with Crippen molar-refractivity contribution in [1.29, 1.82) is 0 Å². The zero-order chi connectivity index (χ0) is 13.8. The molecule has 19 heavy (non-hydrogen) atoms. The third-order valence-electron chi connectivity index (χ3n) is 3.81. The number of hydrogen-bond donors (Lipinski definition) is 2. The minimum Gasteiger partial charge on any atom is -0.465 e. The third-order valence-corrected chi connectivity index (χ3v) is 3.81. The second kappa shape index (κ2) is 6.21. The van der Waals surface area contributed by atoms with E-state index in [-0.39, 0.29) is 12.6 Å². The van der Waals surface area contributed by atoms with Crippen LogP contribution in [0.15, 0.2) is 10.5 Å². The van der Waals surface area contributed by atoms with Crippen LogP contribution in [0, 0.1) is 12.8 Å². The Morgan fingerprint density at radius 2 is 2.37 bits per heavy atom. The average molecular weight is 267 g/mol. The van der Waals surface area contributed by atoms with E-state index in [0.717, 1.165) is 25.0 Å². The lowest BCUT2D eigenvalue weighted by Crippen LogP contribution is -2.33. The summed E-state index contributed by atoms with van der Waals surface area (Å²) in [6, 6.07) is 2.05. The maximum absolute atomic E-state index is 11.5. The molecule has 1 aliphatic carbocycles. The van der Waals surface area contributed by atoms with Crippen molar-refractivity contribution < 1.29 is 19.1 Å². The standard InChI is InChI=1S/C14H21NO4/c1-9-12(14(17)18-2)6-11(19-9)7-15-13-5-3-4-10(13)8-16/h6,10,13,15-16H,3-5,7-8H2,1-2H3. The van der Waals surface area contributed by atoms with E-state index in [9.17, 15) is 9.90 Å². The maximum atomic E-state index is 11.5. The first-order valence-electron chi connectivity index (χ1n) is 6.67. The van der Waals surface area contributed by atoms with Crippen molar-refractivity contribution in [2.45, 2.75) is 38.8 Å². The molecule has 5 nitrogen and oxygen atoms in total. The molecule has 5 heteroatoms. The number of aliphatic hydroxyl groups excluding tert-OH is 1. The number of esters is 1. The molecule has 1 saturated carbocycles. The molecular weight excluding hydrogens is 246 g/mol. The lowest BCUT2D eigenvalue weighted by molar-refractivity contribution is 0.0599. The van der Waals surface area contributed by atoms with Gasteiger partial charge in [-0.25, -0.2) is 4.79 Å². The predicted octanol–water partition coefficient (Wildman–Crippen LogP) is 1.63. The van der Waals surface area contributed by atoms with Crippen LogP contribution >= 0.6 is 0 Å². The van der Waals surface area contributed by atoms with Crippen LogP contribution in [-0.4, -0.2) is 30.8 Å². The van der Waals surface area contributed by atoms with Crippen LogP contribution in [0.2, 0.25) is 0 Å². The zero-order valence-corrected chi connectivity index (χ0v) is 11.4. The fraction of sp³-hybridized carbons (Fsp3) is 0.643. The maximum Gasteiger partial charge on any atom is 0.341 e. The molecular formula is C14H21NO4. The van der Waals surface area contributed by atoms with Crippen molar-refractivity contribution in [2.24, 2.45) is 5.92 Å². The smallest absolute Gasteiger partial charge is 0.341 e. The van der Waals surface area contributed by atoms with E-state index in [4.69, 9.17) is 9.15 Å². The highest BCUT2D eigenvalue weighted by molar-refractivity contribution is 5.90. The van der Waals surface area contributed by atoms with E-state index in [0.29, 0.717) is 29.8 Å². The number of aryl methyl sites for hydroxylation is 1. The summed E-state index contributed by atoms with van der Waals surface area (Å²) in [5, 5.41) is 12.7. The number of methoxy groups -OCH3 is 1. The van der Waals surface area contributed by atoms with Crippen molar-refractivity contribution in [3.63, 3.8) is 0 Å². The summed E-state index contributed by atoms with van der Waals surface area (Å²) in [4.78, 5) is 11.5. The Bertz CT molecular complexity index is 441. The predicted molar refractivity (Wildman–Crippen MR) is 69.8 cm³/mol. The van der Waals surface area contributed by atoms with Gasteiger partial charge in [0, 0.05) is 12.6 Å². The highest BCUT2D eigenvalue weighted by Crippen LogP contribution is 2.25. The molecule has 0 aromatic carbocycles. The van der Waals surface area contributed by atoms with E-state index in [1.54, 1.807) is 13.0 Å². The number of furan rings is 1. The molecule has 2 rings (SSSR count). The van der Waals surface area contributed by atoms with Crippen molar-refractivity contribution in [2.75, 3.05) is 13.7 Å². The van der Waals surface area contributed by atoms with Gasteiger partial charge in [0.2, 0.25) is 0 Å². The van der Waals surface area contributed by atoms with Crippen molar-refractivity contribution >= 4 is 5.97 Å². The fourth-order valence-electron chi connectivity index (χ4n) is 2.70. The monoisotopic (exact) mass is 267 g/mol. The second-order valence-electron chi connectivity index (χ2n) is 5.04. The molecule has 1 heterocycles. The van der Waals surface area contributed by atoms with Crippen molar-refractivity contribution in [3.8, 4) is 0 Å². The molecule has 0 saturated heterocycles. The van der Waals surface area contributed by atoms with Crippen LogP contribution in [-0.2, 0) is 11.3 Å². The van der Waals surface area contributed by atoms with E-state index in [2.05, 4.69) is 5.32 Å². The second-order valence-corrected chi connectivity index (χ2v) is 5.04. The van der Waals surface area contributed by atoms with Crippen molar-refractivity contribution in [3.05, 3.63) is 23.2 Å². The number of aliphatic hydroxyl groups is 1. The first-order chi connectivity index (χ1) is 9.15. The van der Waals surface area contributed by atoms with Crippen LogP contribution in [0.1, 0.15) is 41.1 Å².